The zero-order valence-corrected chi connectivity index (χ0v) is 6.91. The van der Waals surface area contributed by atoms with Crippen molar-refractivity contribution in [1.82, 2.24) is 4.90 Å². The van der Waals surface area contributed by atoms with Crippen molar-refractivity contribution in [3.63, 3.8) is 0 Å². The fourth-order valence-electron chi connectivity index (χ4n) is 0.601. The highest BCUT2D eigenvalue weighted by Gasteiger charge is 2.08. The van der Waals surface area contributed by atoms with Crippen molar-refractivity contribution in [2.75, 3.05) is 20.2 Å². The number of hydrogen-bond donors (Lipinski definition) is 2. The largest absolute Gasteiger partial charge is 0.394 e. The highest BCUT2D eigenvalue weighted by molar-refractivity contribution is 4.62. The summed E-state index contributed by atoms with van der Waals surface area (Å²) in [4.78, 5) is 1.99. The van der Waals surface area contributed by atoms with E-state index in [0.29, 0.717) is 12.6 Å². The second-order valence-corrected chi connectivity index (χ2v) is 2.87. The van der Waals surface area contributed by atoms with Crippen LogP contribution in [-0.2, 0) is 0 Å². The molecule has 10 heavy (non-hydrogen) atoms. The minimum absolute atomic E-state index is 0.156. The Morgan fingerprint density at radius 1 is 1.40 bits per heavy atom. The van der Waals surface area contributed by atoms with E-state index in [0.717, 1.165) is 0 Å². The maximum Gasteiger partial charge on any atom is 0.0897 e. The fraction of sp³-hybridized carbons (Fsp3) is 1.00. The predicted octanol–water partition coefficient (Wildman–Crippen LogP) is -0.320. The Hall–Kier alpha value is -0.120. The van der Waals surface area contributed by atoms with E-state index in [4.69, 9.17) is 10.2 Å². The molecule has 0 saturated heterocycles. The first-order valence-electron chi connectivity index (χ1n) is 3.57. The van der Waals surface area contributed by atoms with Gasteiger partial charge in [-0.25, -0.2) is 0 Å². The SMILES string of the molecule is CC(C)N(C)C[C@@H](O)CO. The van der Waals surface area contributed by atoms with Crippen LogP contribution in [0.15, 0.2) is 0 Å². The van der Waals surface area contributed by atoms with E-state index >= 15 is 0 Å². The monoisotopic (exact) mass is 147 g/mol. The van der Waals surface area contributed by atoms with Gasteiger partial charge in [-0.05, 0) is 20.9 Å². The Balaban J connectivity index is 3.46. The standard InChI is InChI=1S/C7H17NO2/c1-6(2)8(3)4-7(10)5-9/h6-7,9-10H,4-5H2,1-3H3/t7-/m1/s1. The summed E-state index contributed by atoms with van der Waals surface area (Å²) in [5, 5.41) is 17.5. The highest BCUT2D eigenvalue weighted by Crippen LogP contribution is 1.94. The molecule has 0 aliphatic carbocycles. The van der Waals surface area contributed by atoms with Gasteiger partial charge >= 0.3 is 0 Å². The van der Waals surface area contributed by atoms with E-state index in [1.807, 2.05) is 25.8 Å². The smallest absolute Gasteiger partial charge is 0.0897 e. The number of aliphatic hydroxyl groups excluding tert-OH is 2. The summed E-state index contributed by atoms with van der Waals surface area (Å²) in [6.45, 7) is 4.47. The van der Waals surface area contributed by atoms with E-state index in [1.165, 1.54) is 0 Å². The lowest BCUT2D eigenvalue weighted by molar-refractivity contribution is 0.0588. The number of aliphatic hydroxyl groups is 2. The molecule has 0 heterocycles. The highest BCUT2D eigenvalue weighted by atomic mass is 16.3. The third kappa shape index (κ3) is 3.82. The van der Waals surface area contributed by atoms with Crippen LogP contribution >= 0.6 is 0 Å². The lowest BCUT2D eigenvalue weighted by atomic mass is 10.3. The Bertz CT molecular complexity index is 85.7. The van der Waals surface area contributed by atoms with Crippen LogP contribution in [0.5, 0.6) is 0 Å². The van der Waals surface area contributed by atoms with Gasteiger partial charge in [-0.15, -0.1) is 0 Å². The molecule has 0 aliphatic rings. The van der Waals surface area contributed by atoms with Crippen molar-refractivity contribution in [3.05, 3.63) is 0 Å². The molecule has 0 aromatic heterocycles. The summed E-state index contributed by atoms with van der Waals surface area (Å²) < 4.78 is 0. The Morgan fingerprint density at radius 3 is 2.20 bits per heavy atom. The van der Waals surface area contributed by atoms with Crippen molar-refractivity contribution < 1.29 is 10.2 Å². The summed E-state index contributed by atoms with van der Waals surface area (Å²) in [5.74, 6) is 0. The van der Waals surface area contributed by atoms with Gasteiger partial charge in [0, 0.05) is 12.6 Å². The average Bonchev–Trinajstić information content (AvgIpc) is 1.87. The van der Waals surface area contributed by atoms with Crippen LogP contribution in [0.3, 0.4) is 0 Å². The Kier molecular flexibility index (Phi) is 4.60. The van der Waals surface area contributed by atoms with Gasteiger partial charge in [0.2, 0.25) is 0 Å². The molecular weight excluding hydrogens is 130 g/mol. The van der Waals surface area contributed by atoms with Crippen LogP contribution in [0, 0.1) is 0 Å². The summed E-state index contributed by atoms with van der Waals surface area (Å²) in [6, 6.07) is 0.418. The molecule has 0 spiro atoms. The number of rotatable bonds is 4. The lowest BCUT2D eigenvalue weighted by Gasteiger charge is -2.22. The predicted molar refractivity (Wildman–Crippen MR) is 40.9 cm³/mol. The van der Waals surface area contributed by atoms with Gasteiger partial charge < -0.3 is 15.1 Å². The van der Waals surface area contributed by atoms with E-state index < -0.39 is 6.10 Å². The van der Waals surface area contributed by atoms with Crippen LogP contribution < -0.4 is 0 Å². The molecule has 0 bridgehead atoms. The minimum Gasteiger partial charge on any atom is -0.394 e. The summed E-state index contributed by atoms with van der Waals surface area (Å²) in [7, 11) is 1.92. The van der Waals surface area contributed by atoms with Gasteiger partial charge in [0.05, 0.1) is 12.7 Å². The second kappa shape index (κ2) is 4.66. The molecule has 0 unspecified atom stereocenters. The number of likely N-dealkylation sites (N-methyl/N-ethyl adjacent to an activating group) is 1. The van der Waals surface area contributed by atoms with Crippen molar-refractivity contribution >= 4 is 0 Å². The van der Waals surface area contributed by atoms with Gasteiger partial charge in [-0.1, -0.05) is 0 Å². The first kappa shape index (κ1) is 9.88. The Morgan fingerprint density at radius 2 is 1.90 bits per heavy atom. The molecule has 0 amide bonds. The molecule has 0 saturated carbocycles. The van der Waals surface area contributed by atoms with Crippen LogP contribution in [0.4, 0.5) is 0 Å². The second-order valence-electron chi connectivity index (χ2n) is 2.87. The van der Waals surface area contributed by atoms with Crippen molar-refractivity contribution in [2.24, 2.45) is 0 Å². The molecule has 3 nitrogen and oxygen atoms in total. The fourth-order valence-corrected chi connectivity index (χ4v) is 0.601. The summed E-state index contributed by atoms with van der Waals surface area (Å²) >= 11 is 0. The zero-order valence-electron chi connectivity index (χ0n) is 6.91. The molecule has 0 rings (SSSR count). The molecule has 2 N–H and O–H groups in total. The normalized spacial score (nSPS) is 14.7. The molecular formula is C7H17NO2. The minimum atomic E-state index is -0.604. The Labute approximate surface area is 62.3 Å². The first-order valence-corrected chi connectivity index (χ1v) is 3.57. The van der Waals surface area contributed by atoms with E-state index in [-0.39, 0.29) is 6.61 Å². The summed E-state index contributed by atoms with van der Waals surface area (Å²) in [5.41, 5.74) is 0. The van der Waals surface area contributed by atoms with E-state index in [2.05, 4.69) is 0 Å². The van der Waals surface area contributed by atoms with Gasteiger partial charge in [0.1, 0.15) is 0 Å². The van der Waals surface area contributed by atoms with Gasteiger partial charge in [0.25, 0.3) is 0 Å². The lowest BCUT2D eigenvalue weighted by Crippen LogP contribution is -2.35. The first-order chi connectivity index (χ1) is 4.57. The molecule has 0 aliphatic heterocycles. The molecule has 0 aromatic carbocycles. The zero-order chi connectivity index (χ0) is 8.15. The summed E-state index contributed by atoms with van der Waals surface area (Å²) in [6.07, 6.45) is -0.604. The molecule has 0 radical (unpaired) electrons. The van der Waals surface area contributed by atoms with Crippen molar-refractivity contribution in [2.45, 2.75) is 26.0 Å². The topological polar surface area (TPSA) is 43.7 Å². The number of nitrogens with zero attached hydrogens (tertiary/aromatic N) is 1. The average molecular weight is 147 g/mol. The maximum atomic E-state index is 8.99. The molecule has 3 heteroatoms. The van der Waals surface area contributed by atoms with Gasteiger partial charge in [0.15, 0.2) is 0 Å². The van der Waals surface area contributed by atoms with Crippen molar-refractivity contribution in [1.29, 1.82) is 0 Å². The number of hydrogen-bond acceptors (Lipinski definition) is 3. The van der Waals surface area contributed by atoms with Crippen LogP contribution in [0.2, 0.25) is 0 Å². The van der Waals surface area contributed by atoms with Crippen LogP contribution in [0.25, 0.3) is 0 Å². The van der Waals surface area contributed by atoms with E-state index in [1.54, 1.807) is 0 Å². The van der Waals surface area contributed by atoms with Gasteiger partial charge in [-0.3, -0.25) is 0 Å². The molecule has 1 atom stereocenters. The van der Waals surface area contributed by atoms with Crippen LogP contribution in [0.1, 0.15) is 13.8 Å². The third-order valence-corrected chi connectivity index (χ3v) is 1.59. The van der Waals surface area contributed by atoms with Crippen molar-refractivity contribution in [3.8, 4) is 0 Å². The maximum absolute atomic E-state index is 8.99. The van der Waals surface area contributed by atoms with E-state index in [9.17, 15) is 0 Å². The molecule has 62 valence electrons. The molecule has 0 aromatic rings. The molecule has 0 fully saturated rings. The third-order valence-electron chi connectivity index (χ3n) is 1.59. The quantitative estimate of drug-likeness (QED) is 0.573. The van der Waals surface area contributed by atoms with Crippen LogP contribution in [-0.4, -0.2) is 47.5 Å². The van der Waals surface area contributed by atoms with Gasteiger partial charge in [-0.2, -0.15) is 0 Å².